The number of anilines is 1. The maximum Gasteiger partial charge on any atom is 0.335 e. The van der Waals surface area contributed by atoms with Crippen LogP contribution < -0.4 is 10.2 Å². The third-order valence-electron chi connectivity index (χ3n) is 4.11. The number of carboxylic acid groups (broad SMARTS) is 1. The van der Waals surface area contributed by atoms with E-state index in [1.807, 2.05) is 0 Å². The second-order valence-corrected chi connectivity index (χ2v) is 5.44. The van der Waals surface area contributed by atoms with Gasteiger partial charge in [0.2, 0.25) is 5.91 Å². The molecular weight excluding hydrogens is 256 g/mol. The molecule has 1 saturated heterocycles. The summed E-state index contributed by atoms with van der Waals surface area (Å²) in [6.45, 7) is 1.65. The molecule has 5 heteroatoms. The van der Waals surface area contributed by atoms with Gasteiger partial charge in [0.1, 0.15) is 0 Å². The van der Waals surface area contributed by atoms with Crippen LogP contribution in [0.2, 0.25) is 0 Å². The van der Waals surface area contributed by atoms with Crippen molar-refractivity contribution < 1.29 is 14.7 Å². The molecule has 0 bridgehead atoms. The van der Waals surface area contributed by atoms with Crippen LogP contribution in [-0.4, -0.2) is 36.1 Å². The molecule has 0 aromatic heterocycles. The molecule has 0 saturated carbocycles. The molecule has 2 aliphatic heterocycles. The van der Waals surface area contributed by atoms with Gasteiger partial charge in [0.05, 0.1) is 5.56 Å². The highest BCUT2D eigenvalue weighted by molar-refractivity contribution is 5.97. The van der Waals surface area contributed by atoms with Crippen LogP contribution in [0, 0.1) is 0 Å². The van der Waals surface area contributed by atoms with Gasteiger partial charge in [0.15, 0.2) is 0 Å². The zero-order valence-electron chi connectivity index (χ0n) is 11.3. The predicted octanol–water partition coefficient (Wildman–Crippen LogP) is 1.42. The van der Waals surface area contributed by atoms with E-state index in [2.05, 4.69) is 5.32 Å². The molecule has 1 atom stereocenters. The van der Waals surface area contributed by atoms with E-state index in [9.17, 15) is 9.59 Å². The standard InChI is InChI=1S/C15H18N2O3/c18-14(9-12-2-1-6-16-12)17-7-5-10-8-11(15(19)20)3-4-13(10)17/h3-4,8,12,16H,1-2,5-7,9H2,(H,19,20). The Morgan fingerprint density at radius 2 is 2.25 bits per heavy atom. The first-order valence-electron chi connectivity index (χ1n) is 7.05. The number of carbonyl (C=O) groups excluding carboxylic acids is 1. The Morgan fingerprint density at radius 3 is 2.95 bits per heavy atom. The summed E-state index contributed by atoms with van der Waals surface area (Å²) >= 11 is 0. The summed E-state index contributed by atoms with van der Waals surface area (Å²) in [5.41, 5.74) is 2.12. The first-order chi connectivity index (χ1) is 9.65. The van der Waals surface area contributed by atoms with Crippen molar-refractivity contribution in [2.45, 2.75) is 31.7 Å². The fourth-order valence-electron chi connectivity index (χ4n) is 3.05. The number of carbonyl (C=O) groups is 2. The Balaban J connectivity index is 1.75. The van der Waals surface area contributed by atoms with E-state index in [1.165, 1.54) is 0 Å². The highest BCUT2D eigenvalue weighted by Crippen LogP contribution is 2.30. The van der Waals surface area contributed by atoms with Gasteiger partial charge in [0.25, 0.3) is 0 Å². The van der Waals surface area contributed by atoms with Crippen LogP contribution in [-0.2, 0) is 11.2 Å². The Kier molecular flexibility index (Phi) is 3.44. The molecule has 20 heavy (non-hydrogen) atoms. The number of nitrogens with one attached hydrogen (secondary N) is 1. The van der Waals surface area contributed by atoms with Crippen molar-refractivity contribution in [2.75, 3.05) is 18.0 Å². The number of fused-ring (bicyclic) bond motifs is 1. The summed E-state index contributed by atoms with van der Waals surface area (Å²) < 4.78 is 0. The summed E-state index contributed by atoms with van der Waals surface area (Å²) in [5, 5.41) is 12.3. The van der Waals surface area contributed by atoms with Gasteiger partial charge in [-0.05, 0) is 49.6 Å². The van der Waals surface area contributed by atoms with Crippen LogP contribution in [0.5, 0.6) is 0 Å². The van der Waals surface area contributed by atoms with E-state index in [1.54, 1.807) is 23.1 Å². The quantitative estimate of drug-likeness (QED) is 0.874. The van der Waals surface area contributed by atoms with Gasteiger partial charge in [-0.15, -0.1) is 0 Å². The number of hydrogen-bond donors (Lipinski definition) is 2. The summed E-state index contributed by atoms with van der Waals surface area (Å²) in [7, 11) is 0. The molecule has 5 nitrogen and oxygen atoms in total. The van der Waals surface area contributed by atoms with E-state index in [0.29, 0.717) is 19.0 Å². The maximum atomic E-state index is 12.4. The molecule has 1 aromatic carbocycles. The maximum absolute atomic E-state index is 12.4. The molecule has 0 radical (unpaired) electrons. The molecule has 1 unspecified atom stereocenters. The van der Waals surface area contributed by atoms with Crippen LogP contribution in [0.3, 0.4) is 0 Å². The van der Waals surface area contributed by atoms with Crippen molar-refractivity contribution >= 4 is 17.6 Å². The Bertz CT molecular complexity index is 550. The van der Waals surface area contributed by atoms with Gasteiger partial charge in [0, 0.05) is 24.7 Å². The minimum atomic E-state index is -0.923. The minimum Gasteiger partial charge on any atom is -0.478 e. The molecule has 3 rings (SSSR count). The van der Waals surface area contributed by atoms with Crippen molar-refractivity contribution in [3.8, 4) is 0 Å². The molecule has 2 aliphatic rings. The van der Waals surface area contributed by atoms with Crippen molar-refractivity contribution in [3.05, 3.63) is 29.3 Å². The predicted molar refractivity (Wildman–Crippen MR) is 75.1 cm³/mol. The lowest BCUT2D eigenvalue weighted by Crippen LogP contribution is -2.34. The first kappa shape index (κ1) is 13.1. The molecule has 1 fully saturated rings. The Morgan fingerprint density at radius 1 is 1.40 bits per heavy atom. The highest BCUT2D eigenvalue weighted by atomic mass is 16.4. The van der Waals surface area contributed by atoms with Gasteiger partial charge >= 0.3 is 5.97 Å². The number of aromatic carboxylic acids is 1. The zero-order chi connectivity index (χ0) is 14.1. The van der Waals surface area contributed by atoms with Gasteiger partial charge in [-0.3, -0.25) is 4.79 Å². The van der Waals surface area contributed by atoms with Crippen molar-refractivity contribution in [2.24, 2.45) is 0 Å². The molecule has 106 valence electrons. The number of nitrogens with zero attached hydrogens (tertiary/aromatic N) is 1. The fourth-order valence-corrected chi connectivity index (χ4v) is 3.05. The van der Waals surface area contributed by atoms with Crippen LogP contribution in [0.15, 0.2) is 18.2 Å². The first-order valence-corrected chi connectivity index (χ1v) is 7.05. The number of amides is 1. The van der Waals surface area contributed by atoms with E-state index >= 15 is 0 Å². The second-order valence-electron chi connectivity index (χ2n) is 5.44. The van der Waals surface area contributed by atoms with E-state index in [0.717, 1.165) is 37.1 Å². The third-order valence-corrected chi connectivity index (χ3v) is 4.11. The third kappa shape index (κ3) is 2.41. The molecule has 2 N–H and O–H groups in total. The van der Waals surface area contributed by atoms with E-state index < -0.39 is 5.97 Å². The number of benzene rings is 1. The number of hydrogen-bond acceptors (Lipinski definition) is 3. The molecule has 0 spiro atoms. The largest absolute Gasteiger partial charge is 0.478 e. The van der Waals surface area contributed by atoms with Crippen molar-refractivity contribution in [3.63, 3.8) is 0 Å². The Hall–Kier alpha value is -1.88. The summed E-state index contributed by atoms with van der Waals surface area (Å²) in [6.07, 6.45) is 3.46. The average Bonchev–Trinajstić information content (AvgIpc) is 3.06. The van der Waals surface area contributed by atoms with Gasteiger partial charge in [-0.1, -0.05) is 0 Å². The summed E-state index contributed by atoms with van der Waals surface area (Å²) in [5.74, 6) is -0.793. The average molecular weight is 274 g/mol. The fraction of sp³-hybridized carbons (Fsp3) is 0.467. The highest BCUT2D eigenvalue weighted by Gasteiger charge is 2.27. The van der Waals surface area contributed by atoms with Crippen LogP contribution in [0.1, 0.15) is 35.2 Å². The van der Waals surface area contributed by atoms with Gasteiger partial charge in [-0.2, -0.15) is 0 Å². The molecular formula is C15H18N2O3. The number of rotatable bonds is 3. The topological polar surface area (TPSA) is 69.6 Å². The van der Waals surface area contributed by atoms with Gasteiger partial charge < -0.3 is 15.3 Å². The lowest BCUT2D eigenvalue weighted by atomic mass is 10.1. The van der Waals surface area contributed by atoms with Crippen molar-refractivity contribution in [1.82, 2.24) is 5.32 Å². The minimum absolute atomic E-state index is 0.131. The van der Waals surface area contributed by atoms with E-state index in [4.69, 9.17) is 5.11 Å². The molecule has 2 heterocycles. The number of carboxylic acids is 1. The lowest BCUT2D eigenvalue weighted by molar-refractivity contribution is -0.118. The summed E-state index contributed by atoms with van der Waals surface area (Å²) in [4.78, 5) is 25.1. The molecule has 1 aromatic rings. The monoisotopic (exact) mass is 274 g/mol. The second kappa shape index (κ2) is 5.25. The van der Waals surface area contributed by atoms with Crippen LogP contribution in [0.4, 0.5) is 5.69 Å². The summed E-state index contributed by atoms with van der Waals surface area (Å²) in [6, 6.07) is 5.30. The van der Waals surface area contributed by atoms with Crippen LogP contribution in [0.25, 0.3) is 0 Å². The van der Waals surface area contributed by atoms with Crippen molar-refractivity contribution in [1.29, 1.82) is 0 Å². The normalized spacial score (nSPS) is 21.0. The van der Waals surface area contributed by atoms with Crippen LogP contribution >= 0.6 is 0 Å². The lowest BCUT2D eigenvalue weighted by Gasteiger charge is -2.19. The smallest absolute Gasteiger partial charge is 0.335 e. The zero-order valence-corrected chi connectivity index (χ0v) is 11.3. The Labute approximate surface area is 117 Å². The van der Waals surface area contributed by atoms with E-state index in [-0.39, 0.29) is 11.5 Å². The molecule has 0 aliphatic carbocycles. The SMILES string of the molecule is O=C(O)c1ccc2c(c1)CCN2C(=O)CC1CCCN1. The molecule has 1 amide bonds. The van der Waals surface area contributed by atoms with Gasteiger partial charge in [-0.25, -0.2) is 4.79 Å².